The lowest BCUT2D eigenvalue weighted by Gasteiger charge is -2.36. The van der Waals surface area contributed by atoms with Gasteiger partial charge in [0.2, 0.25) is 11.8 Å². The first-order valence-corrected chi connectivity index (χ1v) is 15.3. The number of aromatic nitrogens is 6. The van der Waals surface area contributed by atoms with Crippen LogP contribution in [0.4, 0.5) is 16.0 Å². The molecule has 0 aliphatic carbocycles. The largest absolute Gasteiger partial charge is 0.616 e. The van der Waals surface area contributed by atoms with E-state index in [0.29, 0.717) is 83.9 Å². The van der Waals surface area contributed by atoms with Crippen LogP contribution in [0, 0.1) is 5.82 Å². The van der Waals surface area contributed by atoms with E-state index < -0.39 is 17.0 Å². The van der Waals surface area contributed by atoms with Crippen molar-refractivity contribution >= 4 is 45.5 Å². The molecular formula is C27H29FN10O3S. The third-order valence-corrected chi connectivity index (χ3v) is 9.11. The van der Waals surface area contributed by atoms with Crippen molar-refractivity contribution in [3.63, 3.8) is 0 Å². The van der Waals surface area contributed by atoms with E-state index in [2.05, 4.69) is 25.0 Å². The van der Waals surface area contributed by atoms with Crippen LogP contribution >= 0.6 is 0 Å². The van der Waals surface area contributed by atoms with Crippen molar-refractivity contribution in [2.24, 2.45) is 0 Å². The molecule has 0 radical (unpaired) electrons. The summed E-state index contributed by atoms with van der Waals surface area (Å²) in [6.07, 6.45) is 3.29. The quantitative estimate of drug-likeness (QED) is 0.287. The summed E-state index contributed by atoms with van der Waals surface area (Å²) in [7, 11) is 0. The monoisotopic (exact) mass is 592 g/mol. The van der Waals surface area contributed by atoms with Crippen LogP contribution < -0.4 is 10.6 Å². The number of carbonyl (C=O) groups excluding carboxylic acids is 1. The van der Waals surface area contributed by atoms with Crippen LogP contribution in [0.3, 0.4) is 0 Å². The number of carbonyl (C=O) groups is 1. The van der Waals surface area contributed by atoms with E-state index in [4.69, 9.17) is 10.2 Å². The van der Waals surface area contributed by atoms with E-state index in [9.17, 15) is 9.35 Å². The molecule has 6 heterocycles. The van der Waals surface area contributed by atoms with Gasteiger partial charge in [-0.1, -0.05) is 11.2 Å². The normalized spacial score (nSPS) is 17.1. The highest BCUT2D eigenvalue weighted by Crippen LogP contribution is 2.25. The summed E-state index contributed by atoms with van der Waals surface area (Å²) in [6.45, 7) is 5.12. The Bertz CT molecular complexity index is 1740. The molecule has 2 saturated heterocycles. The van der Waals surface area contributed by atoms with Gasteiger partial charge in [-0.15, -0.1) is 5.10 Å². The molecule has 0 atom stereocenters. The van der Waals surface area contributed by atoms with Crippen molar-refractivity contribution < 1.29 is 18.2 Å². The molecule has 2 aliphatic rings. The minimum atomic E-state index is -0.875. The number of fused-ring (bicyclic) bond motifs is 3. The zero-order valence-electron chi connectivity index (χ0n) is 22.7. The van der Waals surface area contributed by atoms with Gasteiger partial charge in [0.05, 0.1) is 31.4 Å². The molecule has 5 aromatic rings. The first-order valence-electron chi connectivity index (χ1n) is 13.8. The summed E-state index contributed by atoms with van der Waals surface area (Å²) in [5, 5.41) is 4.42. The number of piperazine rings is 1. The summed E-state index contributed by atoms with van der Waals surface area (Å²) in [5.74, 6) is 1.47. The van der Waals surface area contributed by atoms with E-state index in [1.165, 1.54) is 10.6 Å². The third kappa shape index (κ3) is 4.92. The average Bonchev–Trinajstić information content (AvgIpc) is 3.77. The Balaban J connectivity index is 0.983. The number of rotatable bonds is 6. The molecule has 2 N–H and O–H groups in total. The van der Waals surface area contributed by atoms with Gasteiger partial charge in [0.1, 0.15) is 17.3 Å². The number of benzene rings is 1. The molecule has 2 aliphatic heterocycles. The molecule has 1 amide bonds. The second kappa shape index (κ2) is 10.9. The predicted molar refractivity (Wildman–Crippen MR) is 155 cm³/mol. The van der Waals surface area contributed by atoms with Gasteiger partial charge < -0.3 is 29.1 Å². The van der Waals surface area contributed by atoms with E-state index in [1.54, 1.807) is 41.8 Å². The lowest BCUT2D eigenvalue weighted by Crippen LogP contribution is -2.47. The number of imidazole rings is 1. The number of nitrogens with zero attached hydrogens (tertiary/aromatic N) is 9. The van der Waals surface area contributed by atoms with E-state index in [0.717, 1.165) is 19.6 Å². The minimum Gasteiger partial charge on any atom is -0.616 e. The van der Waals surface area contributed by atoms with E-state index >= 15 is 4.39 Å². The molecule has 4 aromatic heterocycles. The molecule has 0 saturated carbocycles. The Morgan fingerprint density at radius 3 is 2.60 bits per heavy atom. The predicted octanol–water partition coefficient (Wildman–Crippen LogP) is 1.48. The first-order chi connectivity index (χ1) is 20.4. The first kappa shape index (κ1) is 26.7. The zero-order chi connectivity index (χ0) is 28.8. The van der Waals surface area contributed by atoms with Crippen LogP contribution in [-0.2, 0) is 17.7 Å². The van der Waals surface area contributed by atoms with E-state index in [1.807, 2.05) is 9.47 Å². The van der Waals surface area contributed by atoms with Gasteiger partial charge in [-0.2, -0.15) is 9.50 Å². The maximum Gasteiger partial charge on any atom is 0.254 e. The lowest BCUT2D eigenvalue weighted by molar-refractivity contribution is 0.0769. The van der Waals surface area contributed by atoms with Crippen molar-refractivity contribution in [1.29, 1.82) is 0 Å². The second-order valence-electron chi connectivity index (χ2n) is 10.4. The number of nitrogens with two attached hydrogens (primary N) is 1. The molecular weight excluding hydrogens is 563 g/mol. The Labute approximate surface area is 242 Å². The number of nitrogen functional groups attached to an aromatic ring is 1. The number of anilines is 2. The molecule has 1 aromatic carbocycles. The highest BCUT2D eigenvalue weighted by molar-refractivity contribution is 7.91. The number of amides is 1. The Morgan fingerprint density at radius 1 is 1.05 bits per heavy atom. The average molecular weight is 593 g/mol. The van der Waals surface area contributed by atoms with Gasteiger partial charge in [0.15, 0.2) is 22.6 Å². The van der Waals surface area contributed by atoms with Gasteiger partial charge in [0.25, 0.3) is 5.91 Å². The van der Waals surface area contributed by atoms with Gasteiger partial charge >= 0.3 is 0 Å². The molecule has 15 heteroatoms. The topological polar surface area (TPSA) is 150 Å². The number of hydrogen-bond donors (Lipinski definition) is 1. The fourth-order valence-electron chi connectivity index (χ4n) is 5.49. The number of halogens is 1. The molecule has 42 heavy (non-hydrogen) atoms. The maximum absolute atomic E-state index is 15.1. The smallest absolute Gasteiger partial charge is 0.254 e. The van der Waals surface area contributed by atoms with Crippen LogP contribution in [0.1, 0.15) is 10.4 Å². The van der Waals surface area contributed by atoms with Crippen LogP contribution in [0.2, 0.25) is 0 Å². The van der Waals surface area contributed by atoms with Crippen molar-refractivity contribution in [3.05, 3.63) is 54.3 Å². The fraction of sp³-hybridized carbons (Fsp3) is 0.370. The van der Waals surface area contributed by atoms with Crippen molar-refractivity contribution in [2.45, 2.75) is 6.54 Å². The summed E-state index contributed by atoms with van der Waals surface area (Å²) in [4.78, 5) is 32.4. The number of hydrogen-bond acceptors (Lipinski definition) is 10. The van der Waals surface area contributed by atoms with Crippen LogP contribution in [0.25, 0.3) is 28.4 Å². The molecule has 218 valence electrons. The van der Waals surface area contributed by atoms with Crippen LogP contribution in [0.5, 0.6) is 0 Å². The highest BCUT2D eigenvalue weighted by Gasteiger charge is 2.26. The number of furan rings is 1. The minimum absolute atomic E-state index is 0.209. The second-order valence-corrected chi connectivity index (χ2v) is 12.1. The van der Waals surface area contributed by atoms with Gasteiger partial charge in [0, 0.05) is 44.8 Å². The maximum atomic E-state index is 15.1. The Hall–Kier alpha value is -4.21. The van der Waals surface area contributed by atoms with Gasteiger partial charge in [-0.3, -0.25) is 9.69 Å². The Morgan fingerprint density at radius 2 is 1.86 bits per heavy atom. The van der Waals surface area contributed by atoms with Crippen LogP contribution in [-0.4, -0.2) is 107 Å². The zero-order valence-corrected chi connectivity index (χ0v) is 23.5. The van der Waals surface area contributed by atoms with Crippen LogP contribution in [0.15, 0.2) is 47.3 Å². The molecule has 0 spiro atoms. The lowest BCUT2D eigenvalue weighted by atomic mass is 10.1. The van der Waals surface area contributed by atoms with Gasteiger partial charge in [-0.25, -0.2) is 14.4 Å². The summed E-state index contributed by atoms with van der Waals surface area (Å²) >= 11 is -0.875. The summed E-state index contributed by atoms with van der Waals surface area (Å²) in [5.41, 5.74) is 8.78. The molecule has 13 nitrogen and oxygen atoms in total. The summed E-state index contributed by atoms with van der Waals surface area (Å²) in [6, 6.07) is 8.25. The standard InChI is InChI=1S/C27H29FN10O3S/c28-19-16-18(26(39)36-11-14-42(40)15-12-36)3-4-20(19)35-8-5-34(6-9-35)7-10-37-17-30-22-24(37)32-27(29)38-25(22)31-23(33-38)21-2-1-13-41-21/h1-4,13,16-17H,5-12,14-15H2,(H2,29,32). The van der Waals surface area contributed by atoms with Crippen molar-refractivity contribution in [2.75, 3.05) is 68.0 Å². The fourth-order valence-corrected chi connectivity index (χ4v) is 6.54. The highest BCUT2D eigenvalue weighted by atomic mass is 32.2. The van der Waals surface area contributed by atoms with Crippen molar-refractivity contribution in [3.8, 4) is 11.6 Å². The van der Waals surface area contributed by atoms with Gasteiger partial charge in [-0.05, 0) is 30.3 Å². The molecule has 2 fully saturated rings. The molecule has 0 bridgehead atoms. The molecule has 0 unspecified atom stereocenters. The third-order valence-electron chi connectivity index (χ3n) is 7.84. The van der Waals surface area contributed by atoms with E-state index in [-0.39, 0.29) is 11.9 Å². The Kier molecular flexibility index (Phi) is 6.91. The molecule has 7 rings (SSSR count). The van der Waals surface area contributed by atoms with Crippen molar-refractivity contribution in [1.82, 2.24) is 38.9 Å². The summed E-state index contributed by atoms with van der Waals surface area (Å²) < 4.78 is 35.5. The SMILES string of the molecule is Nc1nc2c(ncn2CCN2CCN(c3ccc(C(=O)N4CC[S+]([O-])CC4)cc3F)CC2)c2nc(-c3ccco3)nn12.